The van der Waals surface area contributed by atoms with Crippen molar-refractivity contribution in [2.45, 2.75) is 44.7 Å². The van der Waals surface area contributed by atoms with Gasteiger partial charge in [-0.3, -0.25) is 0 Å². The molecule has 2 N–H and O–H groups in total. The highest BCUT2D eigenvalue weighted by Crippen LogP contribution is 2.33. The lowest BCUT2D eigenvalue weighted by atomic mass is 10.0. The van der Waals surface area contributed by atoms with Gasteiger partial charge in [0.1, 0.15) is 11.3 Å². The average molecular weight is 271 g/mol. The number of phenolic OH excluding ortho intramolecular Hbond substituents is 1. The second kappa shape index (κ2) is 4.35. The number of fused-ring (bicyclic) bond motifs is 3. The normalized spacial score (nSPS) is 17.6. The molecule has 4 heteroatoms. The first-order chi connectivity index (χ1) is 9.74. The fourth-order valence-corrected chi connectivity index (χ4v) is 3.10. The Bertz CT molecular complexity index is 743. The third kappa shape index (κ3) is 1.83. The third-order valence-corrected chi connectivity index (χ3v) is 4.36. The van der Waals surface area contributed by atoms with E-state index >= 15 is 0 Å². The number of phenols is 1. The molecule has 0 spiro atoms. The Morgan fingerprint density at radius 1 is 1.25 bits per heavy atom. The Kier molecular flexibility index (Phi) is 2.60. The largest absolute Gasteiger partial charge is 0.507 e. The summed E-state index contributed by atoms with van der Waals surface area (Å²) < 4.78 is 5.51. The van der Waals surface area contributed by atoms with Crippen LogP contribution in [0.4, 0.5) is 0 Å². The molecule has 0 atom stereocenters. The van der Waals surface area contributed by atoms with Crippen molar-refractivity contribution in [3.63, 3.8) is 0 Å². The van der Waals surface area contributed by atoms with Crippen molar-refractivity contribution in [1.82, 2.24) is 5.32 Å². The molecule has 0 saturated heterocycles. The van der Waals surface area contributed by atoms with Crippen LogP contribution in [0.5, 0.6) is 5.75 Å². The van der Waals surface area contributed by atoms with Crippen molar-refractivity contribution >= 4 is 11.0 Å². The zero-order chi connectivity index (χ0) is 13.7. The van der Waals surface area contributed by atoms with Crippen LogP contribution in [0.15, 0.2) is 21.3 Å². The lowest BCUT2D eigenvalue weighted by Gasteiger charge is -2.11. The van der Waals surface area contributed by atoms with Gasteiger partial charge in [0.25, 0.3) is 0 Å². The highest BCUT2D eigenvalue weighted by atomic mass is 16.4. The summed E-state index contributed by atoms with van der Waals surface area (Å²) in [6.45, 7) is 0.551. The molecule has 0 aliphatic heterocycles. The van der Waals surface area contributed by atoms with E-state index in [0.717, 1.165) is 35.8 Å². The van der Waals surface area contributed by atoms with Gasteiger partial charge in [-0.15, -0.1) is 0 Å². The molecule has 1 fully saturated rings. The monoisotopic (exact) mass is 271 g/mol. The maximum absolute atomic E-state index is 12.1. The van der Waals surface area contributed by atoms with Gasteiger partial charge in [-0.2, -0.15) is 0 Å². The molecule has 0 unspecified atom stereocenters. The van der Waals surface area contributed by atoms with E-state index in [-0.39, 0.29) is 11.4 Å². The Labute approximate surface area is 116 Å². The van der Waals surface area contributed by atoms with Crippen molar-refractivity contribution in [3.05, 3.63) is 39.2 Å². The molecule has 0 amide bonds. The van der Waals surface area contributed by atoms with Gasteiger partial charge < -0.3 is 14.8 Å². The van der Waals surface area contributed by atoms with Crippen molar-refractivity contribution in [2.24, 2.45) is 0 Å². The van der Waals surface area contributed by atoms with E-state index < -0.39 is 0 Å². The molecule has 2 aliphatic carbocycles. The minimum absolute atomic E-state index is 0.201. The van der Waals surface area contributed by atoms with Gasteiger partial charge in [-0.1, -0.05) is 0 Å². The fourth-order valence-electron chi connectivity index (χ4n) is 3.10. The van der Waals surface area contributed by atoms with Crippen molar-refractivity contribution in [3.8, 4) is 5.75 Å². The minimum atomic E-state index is -0.233. The summed E-state index contributed by atoms with van der Waals surface area (Å²) in [6.07, 6.45) is 5.12. The maximum atomic E-state index is 12.1. The van der Waals surface area contributed by atoms with Crippen molar-refractivity contribution in [2.75, 3.05) is 0 Å². The molecule has 4 rings (SSSR count). The van der Waals surface area contributed by atoms with Crippen LogP contribution in [0.25, 0.3) is 11.0 Å². The summed E-state index contributed by atoms with van der Waals surface area (Å²) in [5.74, 6) is 0.201. The number of hydrogen-bond acceptors (Lipinski definition) is 4. The molecule has 1 aromatic carbocycles. The van der Waals surface area contributed by atoms with E-state index in [4.69, 9.17) is 4.42 Å². The van der Waals surface area contributed by atoms with E-state index in [1.165, 1.54) is 12.8 Å². The maximum Gasteiger partial charge on any atom is 0.339 e. The molecule has 20 heavy (non-hydrogen) atoms. The zero-order valence-corrected chi connectivity index (χ0v) is 11.2. The molecule has 2 aromatic rings. The van der Waals surface area contributed by atoms with Crippen LogP contribution in [0.3, 0.4) is 0 Å². The number of aryl methyl sites for hydroxylation is 1. The standard InChI is InChI=1S/C16H17NO3/c18-14-7-6-11-10-2-1-3-12(10)16(19)20-15(11)13(14)8-17-9-4-5-9/h6-7,9,17-18H,1-5,8H2. The molecule has 0 radical (unpaired) electrons. The van der Waals surface area contributed by atoms with Crippen LogP contribution in [-0.2, 0) is 19.4 Å². The Morgan fingerprint density at radius 3 is 2.85 bits per heavy atom. The molecular formula is C16H17NO3. The minimum Gasteiger partial charge on any atom is -0.507 e. The number of hydrogen-bond donors (Lipinski definition) is 2. The Morgan fingerprint density at radius 2 is 2.05 bits per heavy atom. The van der Waals surface area contributed by atoms with E-state index in [0.29, 0.717) is 23.7 Å². The summed E-state index contributed by atoms with van der Waals surface area (Å²) in [7, 11) is 0. The molecule has 104 valence electrons. The van der Waals surface area contributed by atoms with E-state index in [9.17, 15) is 9.90 Å². The molecular weight excluding hydrogens is 254 g/mol. The van der Waals surface area contributed by atoms with Gasteiger partial charge in [0, 0.05) is 23.5 Å². The Hall–Kier alpha value is -1.81. The highest BCUT2D eigenvalue weighted by molar-refractivity contribution is 5.86. The fraction of sp³-hybridized carbons (Fsp3) is 0.438. The lowest BCUT2D eigenvalue weighted by molar-refractivity contribution is 0.460. The average Bonchev–Trinajstić information content (AvgIpc) is 3.12. The number of rotatable bonds is 3. The third-order valence-electron chi connectivity index (χ3n) is 4.36. The molecule has 0 bridgehead atoms. The SMILES string of the molecule is O=c1oc2c(CNC3CC3)c(O)ccc2c2c1CCC2. The van der Waals surface area contributed by atoms with Gasteiger partial charge in [0.2, 0.25) is 0 Å². The topological polar surface area (TPSA) is 62.5 Å². The van der Waals surface area contributed by atoms with Crippen LogP contribution in [0.2, 0.25) is 0 Å². The lowest BCUT2D eigenvalue weighted by Crippen LogP contribution is -2.16. The van der Waals surface area contributed by atoms with Crippen molar-refractivity contribution < 1.29 is 9.52 Å². The molecule has 1 aromatic heterocycles. The van der Waals surface area contributed by atoms with Gasteiger partial charge in [0.05, 0.1) is 5.56 Å². The van der Waals surface area contributed by atoms with Gasteiger partial charge in [0.15, 0.2) is 0 Å². The van der Waals surface area contributed by atoms with E-state index in [1.54, 1.807) is 6.07 Å². The first-order valence-electron chi connectivity index (χ1n) is 7.27. The molecule has 4 nitrogen and oxygen atoms in total. The number of aromatic hydroxyl groups is 1. The number of nitrogens with one attached hydrogen (secondary N) is 1. The molecule has 2 aliphatic rings. The molecule has 1 heterocycles. The van der Waals surface area contributed by atoms with Crippen LogP contribution in [0.1, 0.15) is 36.0 Å². The highest BCUT2D eigenvalue weighted by Gasteiger charge is 2.24. The van der Waals surface area contributed by atoms with Crippen LogP contribution in [0, 0.1) is 0 Å². The molecule has 1 saturated carbocycles. The van der Waals surface area contributed by atoms with Gasteiger partial charge in [-0.05, 0) is 49.8 Å². The van der Waals surface area contributed by atoms with Crippen LogP contribution < -0.4 is 10.9 Å². The summed E-state index contributed by atoms with van der Waals surface area (Å²) in [5.41, 5.74) is 2.97. The summed E-state index contributed by atoms with van der Waals surface area (Å²) in [4.78, 5) is 12.1. The predicted octanol–water partition coefficient (Wildman–Crippen LogP) is 2.24. The first-order valence-corrected chi connectivity index (χ1v) is 7.27. The van der Waals surface area contributed by atoms with Crippen molar-refractivity contribution in [1.29, 1.82) is 0 Å². The van der Waals surface area contributed by atoms with E-state index in [1.807, 2.05) is 6.07 Å². The summed E-state index contributed by atoms with van der Waals surface area (Å²) in [5, 5.41) is 14.4. The van der Waals surface area contributed by atoms with Gasteiger partial charge in [-0.25, -0.2) is 4.79 Å². The quantitative estimate of drug-likeness (QED) is 0.840. The predicted molar refractivity (Wildman–Crippen MR) is 76.0 cm³/mol. The second-order valence-corrected chi connectivity index (χ2v) is 5.80. The first kappa shape index (κ1) is 12.0. The van der Waals surface area contributed by atoms with Crippen LogP contribution >= 0.6 is 0 Å². The zero-order valence-electron chi connectivity index (χ0n) is 11.2. The number of benzene rings is 1. The van der Waals surface area contributed by atoms with E-state index in [2.05, 4.69) is 5.32 Å². The Balaban J connectivity index is 1.90. The van der Waals surface area contributed by atoms with Crippen LogP contribution in [-0.4, -0.2) is 11.1 Å². The smallest absolute Gasteiger partial charge is 0.339 e. The summed E-state index contributed by atoms with van der Waals surface area (Å²) >= 11 is 0. The van der Waals surface area contributed by atoms with Gasteiger partial charge >= 0.3 is 5.63 Å². The second-order valence-electron chi connectivity index (χ2n) is 5.80. The summed E-state index contributed by atoms with van der Waals surface area (Å²) in [6, 6.07) is 4.13.